The summed E-state index contributed by atoms with van der Waals surface area (Å²) >= 11 is 7.66. The molecule has 0 radical (unpaired) electrons. The maximum atomic E-state index is 5.93. The van der Waals surface area contributed by atoms with Crippen LogP contribution in [-0.4, -0.2) is 21.5 Å². The Balaban J connectivity index is 2.17. The number of hydrogen-bond acceptors (Lipinski definition) is 6. The molecule has 0 fully saturated rings. The van der Waals surface area contributed by atoms with Crippen LogP contribution in [0, 0.1) is 0 Å². The highest BCUT2D eigenvalue weighted by Gasteiger charge is 2.14. The third-order valence-corrected chi connectivity index (χ3v) is 3.87. The van der Waals surface area contributed by atoms with Crippen molar-refractivity contribution in [3.63, 3.8) is 0 Å². The minimum absolute atomic E-state index is 0.194. The van der Waals surface area contributed by atoms with E-state index in [-0.39, 0.29) is 11.3 Å². The van der Waals surface area contributed by atoms with Crippen LogP contribution in [0.3, 0.4) is 0 Å². The number of nitrogens with zero attached hydrogens (tertiary/aromatic N) is 3. The first-order chi connectivity index (χ1) is 9.72. The molecule has 108 valence electrons. The van der Waals surface area contributed by atoms with Gasteiger partial charge in [0.25, 0.3) is 0 Å². The lowest BCUT2D eigenvalue weighted by molar-refractivity contribution is 0.680. The van der Waals surface area contributed by atoms with E-state index >= 15 is 0 Å². The predicted octanol–water partition coefficient (Wildman–Crippen LogP) is 3.97. The van der Waals surface area contributed by atoms with Crippen LogP contribution < -0.4 is 10.6 Å². The molecule has 7 heteroatoms. The Hall–Kier alpha value is -1.40. The molecular weight excluding hydrogens is 294 g/mol. The van der Waals surface area contributed by atoms with E-state index in [1.54, 1.807) is 11.3 Å². The molecule has 0 aliphatic rings. The fourth-order valence-corrected chi connectivity index (χ4v) is 2.84. The number of nitrogens with one attached hydrogen (secondary N) is 2. The fourth-order valence-electron chi connectivity index (χ4n) is 1.87. The van der Waals surface area contributed by atoms with E-state index in [9.17, 15) is 0 Å². The highest BCUT2D eigenvalue weighted by Crippen LogP contribution is 2.26. The zero-order chi connectivity index (χ0) is 14.4. The molecule has 0 aliphatic carbocycles. The second kappa shape index (κ2) is 7.40. The lowest BCUT2D eigenvalue weighted by Crippen LogP contribution is -2.13. The van der Waals surface area contributed by atoms with Crippen molar-refractivity contribution in [3.8, 4) is 0 Å². The first-order valence-corrected chi connectivity index (χ1v) is 7.94. The average molecular weight is 312 g/mol. The van der Waals surface area contributed by atoms with Crippen LogP contribution in [0.4, 0.5) is 11.9 Å². The Labute approximate surface area is 127 Å². The number of halogens is 1. The van der Waals surface area contributed by atoms with Crippen LogP contribution in [0.25, 0.3) is 0 Å². The molecule has 0 saturated carbocycles. The van der Waals surface area contributed by atoms with E-state index in [1.807, 2.05) is 6.92 Å². The Bertz CT molecular complexity index is 532. The van der Waals surface area contributed by atoms with Gasteiger partial charge in [-0.25, -0.2) is 0 Å². The molecule has 0 amide bonds. The topological polar surface area (TPSA) is 62.7 Å². The minimum Gasteiger partial charge on any atom is -0.354 e. The maximum Gasteiger partial charge on any atom is 0.229 e. The molecule has 2 aromatic heterocycles. The average Bonchev–Trinajstić information content (AvgIpc) is 2.91. The van der Waals surface area contributed by atoms with E-state index in [0.717, 1.165) is 19.4 Å². The molecule has 2 heterocycles. The SMILES string of the molecule is CCCC(Nc1nc(Cl)nc(NCC)n1)c1cccs1. The summed E-state index contributed by atoms with van der Waals surface area (Å²) in [6, 6.07) is 4.37. The number of thiophene rings is 1. The largest absolute Gasteiger partial charge is 0.354 e. The molecule has 0 spiro atoms. The summed E-state index contributed by atoms with van der Waals surface area (Å²) in [4.78, 5) is 13.8. The third-order valence-electron chi connectivity index (χ3n) is 2.71. The lowest BCUT2D eigenvalue weighted by atomic mass is 10.1. The number of anilines is 2. The van der Waals surface area contributed by atoms with Crippen LogP contribution in [0.1, 0.15) is 37.6 Å². The molecule has 1 unspecified atom stereocenters. The second-order valence-corrected chi connectivity index (χ2v) is 5.60. The van der Waals surface area contributed by atoms with Crippen LogP contribution in [0.5, 0.6) is 0 Å². The smallest absolute Gasteiger partial charge is 0.229 e. The van der Waals surface area contributed by atoms with Crippen molar-refractivity contribution in [2.45, 2.75) is 32.7 Å². The standard InChI is InChI=1S/C13H18ClN5S/c1-3-6-9(10-7-5-8-20-10)16-13-18-11(14)17-12(19-13)15-4-2/h5,7-9H,3-4,6H2,1-2H3,(H2,15,16,17,18,19). The van der Waals surface area contributed by atoms with E-state index in [0.29, 0.717) is 11.9 Å². The molecule has 5 nitrogen and oxygen atoms in total. The van der Waals surface area contributed by atoms with Crippen LogP contribution in [-0.2, 0) is 0 Å². The Morgan fingerprint density at radius 3 is 2.70 bits per heavy atom. The molecule has 0 bridgehead atoms. The first kappa shape index (κ1) is 15.0. The van der Waals surface area contributed by atoms with Gasteiger partial charge in [-0.3, -0.25) is 0 Å². The molecule has 0 aromatic carbocycles. The predicted molar refractivity (Wildman–Crippen MR) is 84.6 cm³/mol. The highest BCUT2D eigenvalue weighted by molar-refractivity contribution is 7.10. The Morgan fingerprint density at radius 1 is 1.25 bits per heavy atom. The van der Waals surface area contributed by atoms with Gasteiger partial charge in [-0.1, -0.05) is 19.4 Å². The van der Waals surface area contributed by atoms with Crippen LogP contribution in [0.2, 0.25) is 5.28 Å². The number of aromatic nitrogens is 3. The van der Waals surface area contributed by atoms with Crippen molar-refractivity contribution in [3.05, 3.63) is 27.7 Å². The molecular formula is C13H18ClN5S. The second-order valence-electron chi connectivity index (χ2n) is 4.28. The monoisotopic (exact) mass is 311 g/mol. The van der Waals surface area contributed by atoms with Gasteiger partial charge in [-0.15, -0.1) is 11.3 Å². The summed E-state index contributed by atoms with van der Waals surface area (Å²) in [6.45, 7) is 4.88. The van der Waals surface area contributed by atoms with Crippen LogP contribution >= 0.6 is 22.9 Å². The van der Waals surface area contributed by atoms with Crippen molar-refractivity contribution in [2.75, 3.05) is 17.2 Å². The van der Waals surface area contributed by atoms with Crippen molar-refractivity contribution in [1.82, 2.24) is 15.0 Å². The molecule has 2 rings (SSSR count). The van der Waals surface area contributed by atoms with Gasteiger partial charge < -0.3 is 10.6 Å². The van der Waals surface area contributed by atoms with Gasteiger partial charge in [0.05, 0.1) is 6.04 Å². The Kier molecular flexibility index (Phi) is 5.55. The van der Waals surface area contributed by atoms with Gasteiger partial charge in [0.15, 0.2) is 0 Å². The number of hydrogen-bond donors (Lipinski definition) is 2. The minimum atomic E-state index is 0.194. The molecule has 2 aromatic rings. The van der Waals surface area contributed by atoms with E-state index in [4.69, 9.17) is 11.6 Å². The normalized spacial score (nSPS) is 12.2. The van der Waals surface area contributed by atoms with Gasteiger partial charge >= 0.3 is 0 Å². The highest BCUT2D eigenvalue weighted by atomic mass is 35.5. The summed E-state index contributed by atoms with van der Waals surface area (Å²) in [5.74, 6) is 1.00. The van der Waals surface area contributed by atoms with E-state index < -0.39 is 0 Å². The summed E-state index contributed by atoms with van der Waals surface area (Å²) in [5, 5.41) is 8.66. The fraction of sp³-hybridized carbons (Fsp3) is 0.462. The zero-order valence-electron chi connectivity index (χ0n) is 11.6. The quantitative estimate of drug-likeness (QED) is 0.810. The van der Waals surface area contributed by atoms with Gasteiger partial charge in [0.1, 0.15) is 0 Å². The van der Waals surface area contributed by atoms with Crippen molar-refractivity contribution in [1.29, 1.82) is 0 Å². The summed E-state index contributed by atoms with van der Waals surface area (Å²) in [5.41, 5.74) is 0. The van der Waals surface area contributed by atoms with Crippen molar-refractivity contribution in [2.24, 2.45) is 0 Å². The first-order valence-electron chi connectivity index (χ1n) is 6.68. The van der Waals surface area contributed by atoms with Crippen molar-refractivity contribution >= 4 is 34.8 Å². The Morgan fingerprint density at radius 2 is 2.05 bits per heavy atom. The van der Waals surface area contributed by atoms with Gasteiger partial charge in [0.2, 0.25) is 17.2 Å². The lowest BCUT2D eigenvalue weighted by Gasteiger charge is -2.17. The number of rotatable bonds is 7. The van der Waals surface area contributed by atoms with Crippen molar-refractivity contribution < 1.29 is 0 Å². The van der Waals surface area contributed by atoms with E-state index in [2.05, 4.69) is 50.0 Å². The van der Waals surface area contributed by atoms with Gasteiger partial charge in [0, 0.05) is 11.4 Å². The summed E-state index contributed by atoms with van der Waals surface area (Å²) in [6.07, 6.45) is 2.09. The summed E-state index contributed by atoms with van der Waals surface area (Å²) in [7, 11) is 0. The van der Waals surface area contributed by atoms with Crippen LogP contribution in [0.15, 0.2) is 17.5 Å². The zero-order valence-corrected chi connectivity index (χ0v) is 13.1. The molecule has 2 N–H and O–H groups in total. The van der Waals surface area contributed by atoms with Gasteiger partial charge in [-0.05, 0) is 36.4 Å². The van der Waals surface area contributed by atoms with E-state index in [1.165, 1.54) is 4.88 Å². The summed E-state index contributed by atoms with van der Waals surface area (Å²) < 4.78 is 0. The van der Waals surface area contributed by atoms with Gasteiger partial charge in [-0.2, -0.15) is 15.0 Å². The molecule has 20 heavy (non-hydrogen) atoms. The molecule has 0 aliphatic heterocycles. The maximum absolute atomic E-state index is 5.93. The molecule has 1 atom stereocenters. The third kappa shape index (κ3) is 4.05. The molecule has 0 saturated heterocycles.